The molecule has 2 fully saturated rings. The van der Waals surface area contributed by atoms with Crippen LogP contribution < -0.4 is 5.32 Å². The minimum absolute atomic E-state index is 0.492. The van der Waals surface area contributed by atoms with E-state index in [0.29, 0.717) is 6.10 Å². The van der Waals surface area contributed by atoms with Crippen molar-refractivity contribution in [3.63, 3.8) is 0 Å². The minimum atomic E-state index is 0.492. The molecule has 0 heterocycles. The van der Waals surface area contributed by atoms with Gasteiger partial charge in [-0.1, -0.05) is 32.8 Å². The van der Waals surface area contributed by atoms with Crippen molar-refractivity contribution in [3.05, 3.63) is 12.2 Å². The molecule has 17 heavy (non-hydrogen) atoms. The maximum atomic E-state index is 5.99. The van der Waals surface area contributed by atoms with E-state index in [1.165, 1.54) is 50.5 Å². The summed E-state index contributed by atoms with van der Waals surface area (Å²) in [5.74, 6) is 0.895. The molecular weight excluding hydrogens is 210 g/mol. The number of hydrogen-bond donors (Lipinski definition) is 1. The average molecular weight is 237 g/mol. The van der Waals surface area contributed by atoms with Crippen molar-refractivity contribution in [2.75, 3.05) is 13.2 Å². The summed E-state index contributed by atoms with van der Waals surface area (Å²) in [6.07, 6.45) is 9.75. The van der Waals surface area contributed by atoms with Crippen LogP contribution >= 0.6 is 0 Å². The van der Waals surface area contributed by atoms with E-state index in [0.717, 1.165) is 25.1 Å². The first-order valence-electron chi connectivity index (χ1n) is 7.29. The fraction of sp³-hybridized carbons (Fsp3) is 0.867. The Morgan fingerprint density at radius 3 is 2.82 bits per heavy atom. The van der Waals surface area contributed by atoms with Crippen LogP contribution in [0.2, 0.25) is 0 Å². The number of ether oxygens (including phenoxy) is 1. The average Bonchev–Trinajstić information content (AvgIpc) is 3.18. The second kappa shape index (κ2) is 6.55. The van der Waals surface area contributed by atoms with Crippen molar-refractivity contribution >= 4 is 0 Å². The quantitative estimate of drug-likeness (QED) is 0.686. The molecule has 0 aromatic heterocycles. The molecule has 2 heteroatoms. The Bertz CT molecular complexity index is 247. The first-order chi connectivity index (χ1) is 8.28. The molecule has 2 nitrogen and oxygen atoms in total. The molecule has 2 unspecified atom stereocenters. The van der Waals surface area contributed by atoms with Gasteiger partial charge in [0.15, 0.2) is 0 Å². The topological polar surface area (TPSA) is 21.3 Å². The molecule has 0 bridgehead atoms. The fourth-order valence-electron chi connectivity index (χ4n) is 2.63. The Hall–Kier alpha value is -0.340. The molecular formula is C15H27NO. The number of hydrogen-bond acceptors (Lipinski definition) is 2. The van der Waals surface area contributed by atoms with Gasteiger partial charge in [0.1, 0.15) is 0 Å². The molecule has 0 amide bonds. The first kappa shape index (κ1) is 13.1. The lowest BCUT2D eigenvalue weighted by molar-refractivity contribution is 0.0246. The second-order valence-corrected chi connectivity index (χ2v) is 5.78. The molecule has 0 aromatic carbocycles. The van der Waals surface area contributed by atoms with E-state index in [-0.39, 0.29) is 0 Å². The lowest BCUT2D eigenvalue weighted by Gasteiger charge is -2.28. The summed E-state index contributed by atoms with van der Waals surface area (Å²) in [6.45, 7) is 8.08. The lowest BCUT2D eigenvalue weighted by atomic mass is 9.85. The van der Waals surface area contributed by atoms with Gasteiger partial charge in [0.2, 0.25) is 0 Å². The van der Waals surface area contributed by atoms with Crippen LogP contribution in [0.4, 0.5) is 0 Å². The van der Waals surface area contributed by atoms with E-state index in [1.807, 2.05) is 0 Å². The van der Waals surface area contributed by atoms with Gasteiger partial charge in [-0.3, -0.25) is 0 Å². The molecule has 0 spiro atoms. The maximum Gasteiger partial charge on any atom is 0.0690 e. The van der Waals surface area contributed by atoms with E-state index in [9.17, 15) is 0 Å². The summed E-state index contributed by atoms with van der Waals surface area (Å²) in [6, 6.07) is 0.769. The van der Waals surface area contributed by atoms with Crippen molar-refractivity contribution in [2.45, 2.75) is 64.0 Å². The highest BCUT2D eigenvalue weighted by Gasteiger charge is 2.22. The zero-order valence-electron chi connectivity index (χ0n) is 11.2. The highest BCUT2D eigenvalue weighted by atomic mass is 16.5. The molecule has 0 saturated heterocycles. The molecule has 0 radical (unpaired) electrons. The zero-order chi connectivity index (χ0) is 12.1. The van der Waals surface area contributed by atoms with Gasteiger partial charge in [-0.25, -0.2) is 0 Å². The predicted molar refractivity (Wildman–Crippen MR) is 72.2 cm³/mol. The number of rotatable bonds is 7. The smallest absolute Gasteiger partial charge is 0.0690 e. The molecule has 2 aliphatic carbocycles. The van der Waals surface area contributed by atoms with Crippen molar-refractivity contribution in [2.24, 2.45) is 5.92 Å². The summed E-state index contributed by atoms with van der Waals surface area (Å²) in [5, 5.41) is 3.48. The third-order valence-corrected chi connectivity index (χ3v) is 4.05. The van der Waals surface area contributed by atoms with Crippen LogP contribution in [0.5, 0.6) is 0 Å². The first-order valence-corrected chi connectivity index (χ1v) is 7.29. The number of nitrogens with one attached hydrogen (secondary N) is 1. The van der Waals surface area contributed by atoms with Crippen LogP contribution in [-0.2, 0) is 4.74 Å². The van der Waals surface area contributed by atoms with Crippen LogP contribution in [0.1, 0.15) is 51.9 Å². The lowest BCUT2D eigenvalue weighted by Crippen LogP contribution is -2.26. The van der Waals surface area contributed by atoms with Gasteiger partial charge in [0, 0.05) is 12.6 Å². The third kappa shape index (κ3) is 4.81. The molecule has 2 aliphatic rings. The maximum absolute atomic E-state index is 5.99. The molecule has 2 rings (SSSR count). The van der Waals surface area contributed by atoms with Gasteiger partial charge in [-0.2, -0.15) is 0 Å². The highest BCUT2D eigenvalue weighted by Crippen LogP contribution is 2.28. The van der Waals surface area contributed by atoms with E-state index in [1.54, 1.807) is 0 Å². The monoisotopic (exact) mass is 237 g/mol. The summed E-state index contributed by atoms with van der Waals surface area (Å²) >= 11 is 0. The zero-order valence-corrected chi connectivity index (χ0v) is 11.2. The van der Waals surface area contributed by atoms with E-state index in [4.69, 9.17) is 4.74 Å². The second-order valence-electron chi connectivity index (χ2n) is 5.78. The molecule has 2 atom stereocenters. The normalized spacial score (nSPS) is 29.2. The Morgan fingerprint density at radius 2 is 2.12 bits per heavy atom. The summed E-state index contributed by atoms with van der Waals surface area (Å²) in [4.78, 5) is 0. The summed E-state index contributed by atoms with van der Waals surface area (Å²) in [5.41, 5.74) is 1.20. The molecule has 1 N–H and O–H groups in total. The van der Waals surface area contributed by atoms with Crippen molar-refractivity contribution in [1.82, 2.24) is 5.32 Å². The fourth-order valence-corrected chi connectivity index (χ4v) is 2.63. The van der Waals surface area contributed by atoms with Gasteiger partial charge in [0.25, 0.3) is 0 Å². The van der Waals surface area contributed by atoms with E-state index >= 15 is 0 Å². The van der Waals surface area contributed by atoms with Crippen LogP contribution in [0, 0.1) is 5.92 Å². The van der Waals surface area contributed by atoms with Gasteiger partial charge in [-0.15, -0.1) is 0 Å². The van der Waals surface area contributed by atoms with Crippen LogP contribution in [0.15, 0.2) is 12.2 Å². The van der Waals surface area contributed by atoms with Crippen molar-refractivity contribution < 1.29 is 4.74 Å². The SMILES string of the molecule is C=C(CNC1CC1)COC1CCCC(CC)C1. The van der Waals surface area contributed by atoms with Gasteiger partial charge in [-0.05, 0) is 37.2 Å². The van der Waals surface area contributed by atoms with E-state index in [2.05, 4.69) is 18.8 Å². The Balaban J connectivity index is 1.57. The van der Waals surface area contributed by atoms with Crippen LogP contribution in [0.3, 0.4) is 0 Å². The van der Waals surface area contributed by atoms with Crippen molar-refractivity contribution in [1.29, 1.82) is 0 Å². The molecule has 2 saturated carbocycles. The molecule has 0 aliphatic heterocycles. The third-order valence-electron chi connectivity index (χ3n) is 4.05. The van der Waals surface area contributed by atoms with Crippen molar-refractivity contribution in [3.8, 4) is 0 Å². The van der Waals surface area contributed by atoms with E-state index < -0.39 is 0 Å². The van der Waals surface area contributed by atoms with Gasteiger partial charge >= 0.3 is 0 Å². The van der Waals surface area contributed by atoms with Crippen LogP contribution in [-0.4, -0.2) is 25.3 Å². The molecule has 0 aromatic rings. The Morgan fingerprint density at radius 1 is 1.29 bits per heavy atom. The molecule has 98 valence electrons. The Kier molecular flexibility index (Phi) is 5.05. The predicted octanol–water partition coefficient (Wildman–Crippen LogP) is 3.28. The standard InChI is InChI=1S/C15H27NO/c1-3-13-5-4-6-15(9-13)17-11-12(2)10-16-14-7-8-14/h13-16H,2-11H2,1H3. The van der Waals surface area contributed by atoms with Gasteiger partial charge in [0.05, 0.1) is 12.7 Å². The van der Waals surface area contributed by atoms with Gasteiger partial charge < -0.3 is 10.1 Å². The van der Waals surface area contributed by atoms with Crippen LogP contribution in [0.25, 0.3) is 0 Å². The highest BCUT2D eigenvalue weighted by molar-refractivity contribution is 4.99. The summed E-state index contributed by atoms with van der Waals surface area (Å²) in [7, 11) is 0. The minimum Gasteiger partial charge on any atom is -0.374 e. The Labute approximate surface area is 106 Å². The largest absolute Gasteiger partial charge is 0.374 e. The summed E-state index contributed by atoms with van der Waals surface area (Å²) < 4.78 is 5.99.